The van der Waals surface area contributed by atoms with E-state index in [1.807, 2.05) is 6.07 Å². The maximum absolute atomic E-state index is 12.4. The van der Waals surface area contributed by atoms with Crippen molar-refractivity contribution in [1.29, 1.82) is 5.26 Å². The minimum absolute atomic E-state index is 0.291. The molecule has 2 N–H and O–H groups in total. The number of benzene rings is 2. The van der Waals surface area contributed by atoms with Gasteiger partial charge in [-0.2, -0.15) is 5.26 Å². The fourth-order valence-electron chi connectivity index (χ4n) is 2.35. The van der Waals surface area contributed by atoms with Crippen molar-refractivity contribution in [3.05, 3.63) is 59.2 Å². The molecule has 0 bridgehead atoms. The number of nitrogens with zero attached hydrogens (tertiary/aromatic N) is 2. The van der Waals surface area contributed by atoms with Crippen molar-refractivity contribution in [2.24, 2.45) is 0 Å². The molecule has 1 heterocycles. The second-order valence-electron chi connectivity index (χ2n) is 4.75. The van der Waals surface area contributed by atoms with Gasteiger partial charge in [0.1, 0.15) is 0 Å². The molecular weight excluding hydrogens is 266 g/mol. The molecule has 1 aliphatic rings. The Morgan fingerprint density at radius 1 is 1.00 bits per heavy atom. The van der Waals surface area contributed by atoms with Crippen LogP contribution in [0.25, 0.3) is 0 Å². The quantitative estimate of drug-likeness (QED) is 0.673. The third-order valence-electron chi connectivity index (χ3n) is 3.39. The number of amides is 2. The summed E-state index contributed by atoms with van der Waals surface area (Å²) in [5.41, 5.74) is 8.11. The highest BCUT2D eigenvalue weighted by Gasteiger charge is 2.36. The number of fused-ring (bicyclic) bond motifs is 1. The Balaban J connectivity index is 2.00. The van der Waals surface area contributed by atoms with E-state index in [0.29, 0.717) is 28.9 Å². The first-order chi connectivity index (χ1) is 10.1. The van der Waals surface area contributed by atoms with Gasteiger partial charge in [-0.1, -0.05) is 12.1 Å². The molecule has 0 radical (unpaired) electrons. The molecule has 21 heavy (non-hydrogen) atoms. The number of carbonyl (C=O) groups is 2. The lowest BCUT2D eigenvalue weighted by atomic mass is 10.1. The van der Waals surface area contributed by atoms with Crippen LogP contribution in [0.3, 0.4) is 0 Å². The summed E-state index contributed by atoms with van der Waals surface area (Å²) in [6.45, 7) is 0. The highest BCUT2D eigenvalue weighted by molar-refractivity contribution is 6.34. The number of nitriles is 1. The number of hydrogen-bond donors (Lipinski definition) is 1. The molecule has 2 aromatic rings. The average molecular weight is 277 g/mol. The molecule has 0 saturated carbocycles. The molecule has 0 spiro atoms. The van der Waals surface area contributed by atoms with Crippen molar-refractivity contribution < 1.29 is 9.59 Å². The Bertz CT molecular complexity index is 788. The van der Waals surface area contributed by atoms with E-state index in [4.69, 9.17) is 11.0 Å². The van der Waals surface area contributed by atoms with Gasteiger partial charge in [0.2, 0.25) is 0 Å². The summed E-state index contributed by atoms with van der Waals surface area (Å²) in [4.78, 5) is 25.8. The Hall–Kier alpha value is -3.13. The van der Waals surface area contributed by atoms with Crippen LogP contribution < -0.4 is 10.6 Å². The van der Waals surface area contributed by atoms with E-state index in [9.17, 15) is 9.59 Å². The monoisotopic (exact) mass is 277 g/mol. The Kier molecular flexibility index (Phi) is 2.92. The number of nitrogens with two attached hydrogens (primary N) is 1. The number of imide groups is 1. The van der Waals surface area contributed by atoms with Crippen molar-refractivity contribution >= 4 is 23.2 Å². The van der Waals surface area contributed by atoms with Crippen LogP contribution in [0.15, 0.2) is 42.5 Å². The number of nitrogen functional groups attached to an aromatic ring is 1. The van der Waals surface area contributed by atoms with Gasteiger partial charge in [0.05, 0.1) is 29.3 Å². The predicted molar refractivity (Wildman–Crippen MR) is 77.8 cm³/mol. The van der Waals surface area contributed by atoms with E-state index in [0.717, 1.165) is 10.5 Å². The van der Waals surface area contributed by atoms with Crippen LogP contribution in [0.2, 0.25) is 0 Å². The smallest absolute Gasteiger partial charge is 0.266 e. The SMILES string of the molecule is N#CCc1ccc(N2C(=O)c3ccc(N)cc3C2=O)cc1. The zero-order valence-electron chi connectivity index (χ0n) is 11.0. The Morgan fingerprint density at radius 2 is 1.67 bits per heavy atom. The van der Waals surface area contributed by atoms with Crippen molar-refractivity contribution in [2.75, 3.05) is 10.6 Å². The molecule has 5 nitrogen and oxygen atoms in total. The van der Waals surface area contributed by atoms with E-state index in [-0.39, 0.29) is 11.8 Å². The maximum Gasteiger partial charge on any atom is 0.266 e. The number of rotatable bonds is 2. The van der Waals surface area contributed by atoms with Gasteiger partial charge in [0, 0.05) is 5.69 Å². The first kappa shape index (κ1) is 12.9. The van der Waals surface area contributed by atoms with Crippen LogP contribution in [0.5, 0.6) is 0 Å². The van der Waals surface area contributed by atoms with Gasteiger partial charge >= 0.3 is 0 Å². The van der Waals surface area contributed by atoms with Crippen LogP contribution in [-0.4, -0.2) is 11.8 Å². The largest absolute Gasteiger partial charge is 0.399 e. The first-order valence-corrected chi connectivity index (χ1v) is 6.36. The van der Waals surface area contributed by atoms with Crippen molar-refractivity contribution in [3.63, 3.8) is 0 Å². The molecule has 0 aliphatic carbocycles. The molecule has 3 rings (SSSR count). The fraction of sp³-hybridized carbons (Fsp3) is 0.0625. The van der Waals surface area contributed by atoms with Crippen LogP contribution in [-0.2, 0) is 6.42 Å². The number of anilines is 2. The molecule has 0 atom stereocenters. The Labute approximate surface area is 121 Å². The summed E-state index contributed by atoms with van der Waals surface area (Å²) in [6.07, 6.45) is 0.291. The summed E-state index contributed by atoms with van der Waals surface area (Å²) >= 11 is 0. The zero-order valence-corrected chi connectivity index (χ0v) is 11.0. The van der Waals surface area contributed by atoms with Gasteiger partial charge in [-0.15, -0.1) is 0 Å². The lowest BCUT2D eigenvalue weighted by Gasteiger charge is -2.13. The summed E-state index contributed by atoms with van der Waals surface area (Å²) < 4.78 is 0. The van der Waals surface area contributed by atoms with Gasteiger partial charge in [0.15, 0.2) is 0 Å². The summed E-state index contributed by atoms with van der Waals surface area (Å²) in [7, 11) is 0. The van der Waals surface area contributed by atoms with Gasteiger partial charge in [-0.25, -0.2) is 4.90 Å². The van der Waals surface area contributed by atoms with Crippen LogP contribution >= 0.6 is 0 Å². The minimum Gasteiger partial charge on any atom is -0.399 e. The van der Waals surface area contributed by atoms with E-state index in [1.165, 1.54) is 6.07 Å². The zero-order chi connectivity index (χ0) is 15.0. The molecule has 0 saturated heterocycles. The molecule has 0 aromatic heterocycles. The number of carbonyl (C=O) groups excluding carboxylic acids is 2. The lowest BCUT2D eigenvalue weighted by molar-refractivity contribution is 0.0926. The van der Waals surface area contributed by atoms with Crippen LogP contribution in [0.4, 0.5) is 11.4 Å². The van der Waals surface area contributed by atoms with Gasteiger partial charge in [0.25, 0.3) is 11.8 Å². The molecule has 102 valence electrons. The molecule has 1 aliphatic heterocycles. The molecule has 0 fully saturated rings. The summed E-state index contributed by atoms with van der Waals surface area (Å²) in [5.74, 6) is -0.738. The third-order valence-corrected chi connectivity index (χ3v) is 3.39. The standard InChI is InChI=1S/C16H11N3O2/c17-8-7-10-1-4-12(5-2-10)19-15(20)13-6-3-11(18)9-14(13)16(19)21/h1-6,9H,7,18H2. The van der Waals surface area contributed by atoms with Crippen molar-refractivity contribution in [1.82, 2.24) is 0 Å². The number of hydrogen-bond acceptors (Lipinski definition) is 4. The predicted octanol–water partition coefficient (Wildman–Crippen LogP) is 2.14. The highest BCUT2D eigenvalue weighted by atomic mass is 16.2. The normalized spacial score (nSPS) is 13.2. The Morgan fingerprint density at radius 3 is 2.33 bits per heavy atom. The summed E-state index contributed by atoms with van der Waals surface area (Å²) in [5, 5.41) is 8.65. The van der Waals surface area contributed by atoms with Crippen molar-refractivity contribution in [2.45, 2.75) is 6.42 Å². The second kappa shape index (κ2) is 4.76. The van der Waals surface area contributed by atoms with E-state index in [1.54, 1.807) is 36.4 Å². The molecule has 5 heteroatoms. The van der Waals surface area contributed by atoms with Gasteiger partial charge < -0.3 is 5.73 Å². The van der Waals surface area contributed by atoms with Crippen molar-refractivity contribution in [3.8, 4) is 6.07 Å². The molecule has 0 unspecified atom stereocenters. The topological polar surface area (TPSA) is 87.2 Å². The molecule has 2 amide bonds. The minimum atomic E-state index is -0.379. The molecular formula is C16H11N3O2. The lowest BCUT2D eigenvalue weighted by Crippen LogP contribution is -2.29. The fourth-order valence-corrected chi connectivity index (χ4v) is 2.35. The van der Waals surface area contributed by atoms with E-state index in [2.05, 4.69) is 0 Å². The van der Waals surface area contributed by atoms with Gasteiger partial charge in [-0.05, 0) is 35.9 Å². The van der Waals surface area contributed by atoms with Gasteiger partial charge in [-0.3, -0.25) is 9.59 Å². The van der Waals surface area contributed by atoms with E-state index < -0.39 is 0 Å². The molecule has 2 aromatic carbocycles. The first-order valence-electron chi connectivity index (χ1n) is 6.36. The van der Waals surface area contributed by atoms with Crippen LogP contribution in [0, 0.1) is 11.3 Å². The van der Waals surface area contributed by atoms with Crippen LogP contribution in [0.1, 0.15) is 26.3 Å². The average Bonchev–Trinajstić information content (AvgIpc) is 2.72. The second-order valence-corrected chi connectivity index (χ2v) is 4.75. The summed E-state index contributed by atoms with van der Waals surface area (Å²) in [6, 6.07) is 13.5. The maximum atomic E-state index is 12.4. The third kappa shape index (κ3) is 2.03. The van der Waals surface area contributed by atoms with E-state index >= 15 is 0 Å². The highest BCUT2D eigenvalue weighted by Crippen LogP contribution is 2.29.